The van der Waals surface area contributed by atoms with Gasteiger partial charge in [-0.05, 0) is 54.8 Å². The molecule has 0 saturated heterocycles. The minimum Gasteiger partial charge on any atom is -0.378 e. The van der Waals surface area contributed by atoms with Gasteiger partial charge in [-0.15, -0.1) is 0 Å². The van der Waals surface area contributed by atoms with Crippen molar-refractivity contribution in [1.29, 1.82) is 0 Å². The van der Waals surface area contributed by atoms with Crippen molar-refractivity contribution in [2.45, 2.75) is 32.7 Å². The molecule has 1 atom stereocenters. The molecule has 1 unspecified atom stereocenters. The molecule has 0 aliphatic carbocycles. The zero-order valence-corrected chi connectivity index (χ0v) is 14.1. The molecule has 0 aromatic heterocycles. The molecule has 20 heavy (non-hydrogen) atoms. The highest BCUT2D eigenvalue weighted by atomic mass is 79.9. The van der Waals surface area contributed by atoms with Crippen LogP contribution in [0.5, 0.6) is 0 Å². The van der Waals surface area contributed by atoms with E-state index in [0.29, 0.717) is 6.04 Å². The fourth-order valence-electron chi connectivity index (χ4n) is 2.33. The van der Waals surface area contributed by atoms with E-state index in [4.69, 9.17) is 11.6 Å². The number of anilines is 1. The summed E-state index contributed by atoms with van der Waals surface area (Å²) in [5, 5.41) is 4.40. The normalized spacial score (nSPS) is 12.2. The zero-order chi connectivity index (χ0) is 14.5. The van der Waals surface area contributed by atoms with Crippen LogP contribution in [0, 0.1) is 6.92 Å². The Labute approximate surface area is 134 Å². The average Bonchev–Trinajstić information content (AvgIpc) is 2.38. The number of hydrogen-bond acceptors (Lipinski definition) is 1. The molecule has 0 radical (unpaired) electrons. The largest absolute Gasteiger partial charge is 0.378 e. The van der Waals surface area contributed by atoms with Crippen LogP contribution in [0.25, 0.3) is 0 Å². The fourth-order valence-corrected chi connectivity index (χ4v) is 3.06. The summed E-state index contributed by atoms with van der Waals surface area (Å²) in [5.74, 6) is 0. The molecule has 0 fully saturated rings. The SMILES string of the molecule is CCCC(Nc1cc(C)cc(Br)c1)c1ccc(Cl)cc1. The van der Waals surface area contributed by atoms with Gasteiger partial charge in [0.05, 0.1) is 6.04 Å². The first-order chi connectivity index (χ1) is 9.58. The van der Waals surface area contributed by atoms with Crippen molar-refractivity contribution in [3.63, 3.8) is 0 Å². The Bertz CT molecular complexity index is 545. The van der Waals surface area contributed by atoms with Crippen LogP contribution in [0.1, 0.15) is 36.9 Å². The molecule has 0 amide bonds. The highest BCUT2D eigenvalue weighted by Crippen LogP contribution is 2.27. The highest BCUT2D eigenvalue weighted by Gasteiger charge is 2.11. The van der Waals surface area contributed by atoms with Crippen molar-refractivity contribution in [2.75, 3.05) is 5.32 Å². The topological polar surface area (TPSA) is 12.0 Å². The van der Waals surface area contributed by atoms with Gasteiger partial charge in [0.15, 0.2) is 0 Å². The second-order valence-electron chi connectivity index (χ2n) is 5.05. The first-order valence-electron chi connectivity index (χ1n) is 6.87. The van der Waals surface area contributed by atoms with Gasteiger partial charge in [-0.3, -0.25) is 0 Å². The lowest BCUT2D eigenvalue weighted by molar-refractivity contribution is 0.677. The maximum Gasteiger partial charge on any atom is 0.0513 e. The number of rotatable bonds is 5. The molecule has 106 valence electrons. The smallest absolute Gasteiger partial charge is 0.0513 e. The van der Waals surface area contributed by atoms with Crippen LogP contribution < -0.4 is 5.32 Å². The van der Waals surface area contributed by atoms with E-state index < -0.39 is 0 Å². The summed E-state index contributed by atoms with van der Waals surface area (Å²) in [4.78, 5) is 0. The summed E-state index contributed by atoms with van der Waals surface area (Å²) < 4.78 is 1.10. The Hall–Kier alpha value is -0.990. The second kappa shape index (κ2) is 7.14. The van der Waals surface area contributed by atoms with Crippen LogP contribution in [-0.4, -0.2) is 0 Å². The number of halogens is 2. The quantitative estimate of drug-likeness (QED) is 0.659. The lowest BCUT2D eigenvalue weighted by Gasteiger charge is -2.20. The van der Waals surface area contributed by atoms with Gasteiger partial charge in [0, 0.05) is 15.2 Å². The monoisotopic (exact) mass is 351 g/mol. The zero-order valence-electron chi connectivity index (χ0n) is 11.8. The van der Waals surface area contributed by atoms with Crippen molar-refractivity contribution >= 4 is 33.2 Å². The van der Waals surface area contributed by atoms with Gasteiger partial charge < -0.3 is 5.32 Å². The molecule has 0 saturated carbocycles. The van der Waals surface area contributed by atoms with E-state index in [0.717, 1.165) is 28.0 Å². The maximum absolute atomic E-state index is 5.97. The minimum atomic E-state index is 0.311. The lowest BCUT2D eigenvalue weighted by atomic mass is 10.0. The minimum absolute atomic E-state index is 0.311. The molecule has 3 heteroatoms. The number of aryl methyl sites for hydroxylation is 1. The van der Waals surface area contributed by atoms with Gasteiger partial charge in [0.1, 0.15) is 0 Å². The first kappa shape index (κ1) is 15.4. The van der Waals surface area contributed by atoms with Crippen LogP contribution in [0.2, 0.25) is 5.02 Å². The van der Waals surface area contributed by atoms with Crippen molar-refractivity contribution < 1.29 is 0 Å². The van der Waals surface area contributed by atoms with E-state index in [2.05, 4.69) is 65.4 Å². The van der Waals surface area contributed by atoms with Gasteiger partial charge in [-0.1, -0.05) is 53.0 Å². The van der Waals surface area contributed by atoms with Crippen molar-refractivity contribution in [1.82, 2.24) is 0 Å². The van der Waals surface area contributed by atoms with Gasteiger partial charge >= 0.3 is 0 Å². The van der Waals surface area contributed by atoms with Crippen LogP contribution in [0.3, 0.4) is 0 Å². The van der Waals surface area contributed by atoms with Crippen LogP contribution in [0.15, 0.2) is 46.9 Å². The predicted octanol–water partition coefficient (Wildman–Crippen LogP) is 6.36. The molecule has 2 aromatic rings. The lowest BCUT2D eigenvalue weighted by Crippen LogP contribution is -2.10. The van der Waals surface area contributed by atoms with E-state index in [1.54, 1.807) is 0 Å². The molecule has 2 aromatic carbocycles. The van der Waals surface area contributed by atoms with Gasteiger partial charge in [-0.2, -0.15) is 0 Å². The van der Waals surface area contributed by atoms with E-state index in [1.807, 2.05) is 12.1 Å². The Kier molecular flexibility index (Phi) is 5.50. The standard InChI is InChI=1S/C17H19BrClN/c1-3-4-17(13-5-7-15(19)8-6-13)20-16-10-12(2)9-14(18)11-16/h5-11,17,20H,3-4H2,1-2H3. The van der Waals surface area contributed by atoms with Gasteiger partial charge in [-0.25, -0.2) is 0 Å². The highest BCUT2D eigenvalue weighted by molar-refractivity contribution is 9.10. The molecule has 0 aliphatic heterocycles. The second-order valence-corrected chi connectivity index (χ2v) is 6.41. The maximum atomic E-state index is 5.97. The summed E-state index contributed by atoms with van der Waals surface area (Å²) in [7, 11) is 0. The summed E-state index contributed by atoms with van der Waals surface area (Å²) in [6.45, 7) is 4.31. The predicted molar refractivity (Wildman–Crippen MR) is 91.6 cm³/mol. The molecular weight excluding hydrogens is 334 g/mol. The van der Waals surface area contributed by atoms with Crippen molar-refractivity contribution in [3.05, 3.63) is 63.1 Å². The van der Waals surface area contributed by atoms with E-state index in [1.165, 1.54) is 11.1 Å². The van der Waals surface area contributed by atoms with Crippen LogP contribution >= 0.6 is 27.5 Å². The molecule has 0 spiro atoms. The summed E-state index contributed by atoms with van der Waals surface area (Å²) in [5.41, 5.74) is 3.66. The molecule has 2 rings (SSSR count). The summed E-state index contributed by atoms with van der Waals surface area (Å²) in [6, 6.07) is 14.8. The van der Waals surface area contributed by atoms with E-state index in [-0.39, 0.29) is 0 Å². The van der Waals surface area contributed by atoms with E-state index in [9.17, 15) is 0 Å². The Balaban J connectivity index is 2.22. The molecule has 0 aliphatic rings. The summed E-state index contributed by atoms with van der Waals surface area (Å²) in [6.07, 6.45) is 2.22. The third kappa shape index (κ3) is 4.26. The van der Waals surface area contributed by atoms with Crippen molar-refractivity contribution in [3.8, 4) is 0 Å². The third-order valence-electron chi connectivity index (χ3n) is 3.23. The number of benzene rings is 2. The fraction of sp³-hybridized carbons (Fsp3) is 0.294. The number of hydrogen-bond donors (Lipinski definition) is 1. The van der Waals surface area contributed by atoms with Crippen molar-refractivity contribution in [2.24, 2.45) is 0 Å². The first-order valence-corrected chi connectivity index (χ1v) is 8.05. The van der Waals surface area contributed by atoms with Gasteiger partial charge in [0.25, 0.3) is 0 Å². The van der Waals surface area contributed by atoms with Crippen LogP contribution in [-0.2, 0) is 0 Å². The summed E-state index contributed by atoms with van der Waals surface area (Å²) >= 11 is 9.52. The van der Waals surface area contributed by atoms with Crippen LogP contribution in [0.4, 0.5) is 5.69 Å². The average molecular weight is 353 g/mol. The van der Waals surface area contributed by atoms with Gasteiger partial charge in [0.2, 0.25) is 0 Å². The Morgan fingerprint density at radius 2 is 1.85 bits per heavy atom. The third-order valence-corrected chi connectivity index (χ3v) is 3.94. The number of nitrogens with one attached hydrogen (secondary N) is 1. The van der Waals surface area contributed by atoms with E-state index >= 15 is 0 Å². The molecule has 1 N–H and O–H groups in total. The Morgan fingerprint density at radius 1 is 1.15 bits per heavy atom. The molecule has 0 heterocycles. The Morgan fingerprint density at radius 3 is 2.45 bits per heavy atom. The molecule has 0 bridgehead atoms. The molecular formula is C17H19BrClN. The molecule has 1 nitrogen and oxygen atoms in total.